The van der Waals surface area contributed by atoms with Crippen molar-refractivity contribution in [3.63, 3.8) is 0 Å². The topological polar surface area (TPSA) is 29.1 Å². The highest BCUT2D eigenvalue weighted by Crippen LogP contribution is 2.39. The van der Waals surface area contributed by atoms with Crippen LogP contribution in [-0.4, -0.2) is 11.2 Å². The van der Waals surface area contributed by atoms with Crippen molar-refractivity contribution in [1.29, 1.82) is 0 Å². The second-order valence-electron chi connectivity index (χ2n) is 6.86. The van der Waals surface area contributed by atoms with E-state index in [1.165, 1.54) is 41.7 Å². The zero-order valence-corrected chi connectivity index (χ0v) is 14.6. The molecule has 1 amide bonds. The summed E-state index contributed by atoms with van der Waals surface area (Å²) in [7, 11) is 0. The van der Waals surface area contributed by atoms with Gasteiger partial charge < -0.3 is 5.32 Å². The normalized spacial score (nSPS) is 21.4. The third-order valence-electron chi connectivity index (χ3n) is 5.27. The summed E-state index contributed by atoms with van der Waals surface area (Å²) < 4.78 is 0. The van der Waals surface area contributed by atoms with Crippen LogP contribution in [-0.2, 0) is 11.2 Å². The number of thioether (sulfide) groups is 1. The van der Waals surface area contributed by atoms with E-state index < -0.39 is 0 Å². The molecule has 1 aliphatic carbocycles. The van der Waals surface area contributed by atoms with Gasteiger partial charge in [0.1, 0.15) is 0 Å². The van der Waals surface area contributed by atoms with Crippen LogP contribution in [0.15, 0.2) is 59.5 Å². The first-order chi connectivity index (χ1) is 11.8. The molecular formula is C21H23NOS. The van der Waals surface area contributed by atoms with Crippen LogP contribution in [0.5, 0.6) is 0 Å². The summed E-state index contributed by atoms with van der Waals surface area (Å²) >= 11 is 1.71. The highest BCUT2D eigenvalue weighted by Gasteiger charge is 2.32. The molecule has 0 spiro atoms. The van der Waals surface area contributed by atoms with Crippen LogP contribution in [0.1, 0.15) is 42.9 Å². The van der Waals surface area contributed by atoms with Crippen LogP contribution in [0.3, 0.4) is 0 Å². The van der Waals surface area contributed by atoms with Crippen molar-refractivity contribution < 1.29 is 4.79 Å². The smallest absolute Gasteiger partial charge is 0.234 e. The number of benzene rings is 2. The van der Waals surface area contributed by atoms with Gasteiger partial charge in [0.2, 0.25) is 5.91 Å². The van der Waals surface area contributed by atoms with Gasteiger partial charge in [0.25, 0.3) is 0 Å². The molecule has 1 saturated carbocycles. The summed E-state index contributed by atoms with van der Waals surface area (Å²) in [5.41, 5.74) is 2.55. The molecule has 0 radical (unpaired) electrons. The second-order valence-corrected chi connectivity index (χ2v) is 8.10. The fraction of sp³-hybridized carbons (Fsp3) is 0.381. The molecule has 2 unspecified atom stereocenters. The van der Waals surface area contributed by atoms with E-state index in [4.69, 9.17) is 0 Å². The van der Waals surface area contributed by atoms with Crippen molar-refractivity contribution in [3.05, 3.63) is 65.7 Å². The molecule has 2 aliphatic rings. The van der Waals surface area contributed by atoms with E-state index in [1.54, 1.807) is 11.8 Å². The standard InChI is InChI=1S/C21H23NOS/c23-21(19-14-17-12-6-7-13-18(17)24-19)22-20(16-10-4-5-11-16)15-8-2-1-3-9-15/h1-3,6-9,12-13,16,19-20H,4-5,10-11,14H2,(H,22,23). The first kappa shape index (κ1) is 15.8. The highest BCUT2D eigenvalue weighted by molar-refractivity contribution is 8.01. The number of carbonyl (C=O) groups is 1. The molecule has 1 N–H and O–H groups in total. The molecule has 0 bridgehead atoms. The van der Waals surface area contributed by atoms with E-state index in [1.807, 2.05) is 6.07 Å². The molecule has 24 heavy (non-hydrogen) atoms. The number of carbonyl (C=O) groups excluding carboxylic acids is 1. The van der Waals surface area contributed by atoms with E-state index in [-0.39, 0.29) is 17.2 Å². The lowest BCUT2D eigenvalue weighted by molar-refractivity contribution is -0.121. The second kappa shape index (κ2) is 7.02. The molecule has 2 atom stereocenters. The lowest BCUT2D eigenvalue weighted by Crippen LogP contribution is -2.38. The predicted octanol–water partition coefficient (Wildman–Crippen LogP) is 4.75. The van der Waals surface area contributed by atoms with Crippen molar-refractivity contribution >= 4 is 17.7 Å². The molecule has 124 valence electrons. The molecule has 0 aromatic heterocycles. The Morgan fingerprint density at radius 3 is 2.46 bits per heavy atom. The van der Waals surface area contributed by atoms with Crippen molar-refractivity contribution in [2.45, 2.75) is 48.3 Å². The van der Waals surface area contributed by atoms with Gasteiger partial charge >= 0.3 is 0 Å². The average Bonchev–Trinajstić information content (AvgIpc) is 3.29. The molecule has 4 rings (SSSR count). The Morgan fingerprint density at radius 2 is 1.71 bits per heavy atom. The van der Waals surface area contributed by atoms with Crippen LogP contribution < -0.4 is 5.32 Å². The highest BCUT2D eigenvalue weighted by atomic mass is 32.2. The van der Waals surface area contributed by atoms with Gasteiger partial charge in [-0.25, -0.2) is 0 Å². The molecule has 1 fully saturated rings. The number of hydrogen-bond acceptors (Lipinski definition) is 2. The van der Waals surface area contributed by atoms with Gasteiger partial charge in [-0.15, -0.1) is 11.8 Å². The van der Waals surface area contributed by atoms with Gasteiger partial charge in [-0.3, -0.25) is 4.79 Å². The first-order valence-electron chi connectivity index (χ1n) is 8.91. The Labute approximate surface area is 148 Å². The number of amides is 1. The lowest BCUT2D eigenvalue weighted by atomic mass is 9.91. The van der Waals surface area contributed by atoms with Crippen molar-refractivity contribution in [3.8, 4) is 0 Å². The maximum absolute atomic E-state index is 12.9. The van der Waals surface area contributed by atoms with E-state index in [9.17, 15) is 4.79 Å². The van der Waals surface area contributed by atoms with Crippen LogP contribution in [0, 0.1) is 5.92 Å². The van der Waals surface area contributed by atoms with Gasteiger partial charge in [0.15, 0.2) is 0 Å². The summed E-state index contributed by atoms with van der Waals surface area (Å²) in [5.74, 6) is 0.766. The van der Waals surface area contributed by atoms with Gasteiger partial charge in [-0.1, -0.05) is 61.4 Å². The van der Waals surface area contributed by atoms with Gasteiger partial charge in [0, 0.05) is 4.90 Å². The van der Waals surface area contributed by atoms with Crippen molar-refractivity contribution in [1.82, 2.24) is 5.32 Å². The molecular weight excluding hydrogens is 314 g/mol. The third-order valence-corrected chi connectivity index (χ3v) is 6.58. The Balaban J connectivity index is 1.50. The van der Waals surface area contributed by atoms with Crippen molar-refractivity contribution in [2.75, 3.05) is 0 Å². The maximum atomic E-state index is 12.9. The first-order valence-corrected chi connectivity index (χ1v) is 9.79. The summed E-state index contributed by atoms with van der Waals surface area (Å²) in [5, 5.41) is 3.40. The number of nitrogens with one attached hydrogen (secondary N) is 1. The van der Waals surface area contributed by atoms with Crippen LogP contribution in [0.2, 0.25) is 0 Å². The molecule has 1 aliphatic heterocycles. The van der Waals surface area contributed by atoms with Crippen LogP contribution in [0.25, 0.3) is 0 Å². The zero-order valence-electron chi connectivity index (χ0n) is 13.8. The van der Waals surface area contributed by atoms with Crippen LogP contribution >= 0.6 is 11.8 Å². The summed E-state index contributed by atoms with van der Waals surface area (Å²) in [4.78, 5) is 14.2. The average molecular weight is 337 g/mol. The minimum Gasteiger partial charge on any atom is -0.348 e. The monoisotopic (exact) mass is 337 g/mol. The van der Waals surface area contributed by atoms with E-state index in [0.717, 1.165) is 6.42 Å². The largest absolute Gasteiger partial charge is 0.348 e. The Bertz CT molecular complexity index is 684. The summed E-state index contributed by atoms with van der Waals surface area (Å²) in [6.45, 7) is 0. The molecule has 0 saturated heterocycles. The van der Waals surface area contributed by atoms with E-state index in [2.05, 4.69) is 53.8 Å². The third kappa shape index (κ3) is 3.23. The summed E-state index contributed by atoms with van der Waals surface area (Å²) in [6, 6.07) is 19.0. The Kier molecular flexibility index (Phi) is 4.61. The minimum atomic E-state index is 0.00927. The minimum absolute atomic E-state index is 0.00927. The quantitative estimate of drug-likeness (QED) is 0.872. The Hall–Kier alpha value is -1.74. The fourth-order valence-electron chi connectivity index (χ4n) is 4.00. The van der Waals surface area contributed by atoms with Crippen LogP contribution in [0.4, 0.5) is 0 Å². The lowest BCUT2D eigenvalue weighted by Gasteiger charge is -2.26. The van der Waals surface area contributed by atoms with E-state index in [0.29, 0.717) is 5.92 Å². The number of hydrogen-bond donors (Lipinski definition) is 1. The fourth-order valence-corrected chi connectivity index (χ4v) is 5.20. The van der Waals surface area contributed by atoms with E-state index >= 15 is 0 Å². The van der Waals surface area contributed by atoms with Crippen molar-refractivity contribution in [2.24, 2.45) is 5.92 Å². The Morgan fingerprint density at radius 1 is 1.00 bits per heavy atom. The number of rotatable bonds is 4. The van der Waals surface area contributed by atoms with Gasteiger partial charge in [-0.2, -0.15) is 0 Å². The molecule has 1 heterocycles. The zero-order chi connectivity index (χ0) is 16.4. The molecule has 2 aromatic carbocycles. The maximum Gasteiger partial charge on any atom is 0.234 e. The number of fused-ring (bicyclic) bond motifs is 1. The van der Waals surface area contributed by atoms with Gasteiger partial charge in [0.05, 0.1) is 11.3 Å². The molecule has 3 heteroatoms. The predicted molar refractivity (Wildman–Crippen MR) is 99.1 cm³/mol. The molecule has 2 nitrogen and oxygen atoms in total. The van der Waals surface area contributed by atoms with Gasteiger partial charge in [-0.05, 0) is 42.4 Å². The molecule has 2 aromatic rings. The summed E-state index contributed by atoms with van der Waals surface area (Å²) in [6.07, 6.45) is 5.86. The SMILES string of the molecule is O=C(NC(c1ccccc1)C1CCCC1)C1Cc2ccccc2S1.